The molecule has 0 saturated carbocycles. The van der Waals surface area contributed by atoms with E-state index in [4.69, 9.17) is 16.4 Å². The van der Waals surface area contributed by atoms with Gasteiger partial charge in [-0.2, -0.15) is 0 Å². The predicted molar refractivity (Wildman–Crippen MR) is 117 cm³/mol. The summed E-state index contributed by atoms with van der Waals surface area (Å²) in [4.78, 5) is 44.5. The molecule has 166 valence electrons. The van der Waals surface area contributed by atoms with E-state index in [9.17, 15) is 24.1 Å². The van der Waals surface area contributed by atoms with E-state index in [0.29, 0.717) is 11.3 Å². The highest BCUT2D eigenvalue weighted by Gasteiger charge is 2.60. The van der Waals surface area contributed by atoms with Gasteiger partial charge in [-0.15, -0.1) is 0 Å². The molecule has 2 amide bonds. The lowest BCUT2D eigenvalue weighted by Gasteiger charge is -2.28. The molecule has 0 bridgehead atoms. The van der Waals surface area contributed by atoms with Crippen molar-refractivity contribution in [3.63, 3.8) is 0 Å². The molecule has 8 nitrogen and oxygen atoms in total. The highest BCUT2D eigenvalue weighted by Crippen LogP contribution is 2.48. The Hall–Kier alpha value is -3.82. The fraction of sp³-hybridized carbons (Fsp3) is 0.130. The Kier molecular flexibility index (Phi) is 5.07. The molecule has 2 fully saturated rings. The summed E-state index contributed by atoms with van der Waals surface area (Å²) in [6.45, 7) is 0. The quantitative estimate of drug-likeness (QED) is 0.320. The van der Waals surface area contributed by atoms with Gasteiger partial charge in [-0.3, -0.25) is 24.5 Å². The van der Waals surface area contributed by atoms with Crippen LogP contribution in [0, 0.1) is 21.8 Å². The number of anilines is 2. The number of amides is 2. The maximum atomic E-state index is 13.5. The number of hydroxylamine groups is 1. The van der Waals surface area contributed by atoms with Crippen molar-refractivity contribution in [2.45, 2.75) is 12.1 Å². The number of rotatable bonds is 4. The summed E-state index contributed by atoms with van der Waals surface area (Å²) in [6.07, 6.45) is -1.15. The van der Waals surface area contributed by atoms with Crippen molar-refractivity contribution >= 4 is 40.5 Å². The van der Waals surface area contributed by atoms with Crippen molar-refractivity contribution < 1.29 is 23.7 Å². The van der Waals surface area contributed by atoms with Gasteiger partial charge in [-0.1, -0.05) is 35.9 Å². The van der Waals surface area contributed by atoms with E-state index in [0.717, 1.165) is 17.0 Å². The van der Waals surface area contributed by atoms with Gasteiger partial charge in [0.1, 0.15) is 16.8 Å². The fourth-order valence-electron chi connectivity index (χ4n) is 4.25. The molecule has 0 spiro atoms. The van der Waals surface area contributed by atoms with E-state index in [1.807, 2.05) is 0 Å². The maximum Gasteiger partial charge on any atom is 0.288 e. The highest BCUT2D eigenvalue weighted by atomic mass is 35.5. The number of para-hydroxylation sites is 1. The first-order valence-electron chi connectivity index (χ1n) is 9.95. The van der Waals surface area contributed by atoms with Crippen LogP contribution in [0.1, 0.15) is 11.6 Å². The SMILES string of the molecule is O=C1[C@H]2[C@@H](c3ccc(Cl)c([N+](=O)[O-])c3)N(c3ccccc3)O[C@H]2C(=O)N1c1ccc(F)cc1. The number of benzene rings is 3. The standard InChI is InChI=1S/C23H15ClFN3O5/c24-17-11-6-13(12-18(17)28(31)32)20-19-21(33-27(20)16-4-2-1-3-5-16)23(30)26(22(19)29)15-9-7-14(25)8-10-15/h1-12,19-21H/t19-,20+,21+/m0/s1. The van der Waals surface area contributed by atoms with E-state index in [-0.39, 0.29) is 16.4 Å². The number of hydrogen-bond acceptors (Lipinski definition) is 6. The molecular formula is C23H15ClFN3O5. The largest absolute Gasteiger partial charge is 0.288 e. The topological polar surface area (TPSA) is 93.0 Å². The number of nitro groups is 1. The van der Waals surface area contributed by atoms with Gasteiger partial charge in [0.25, 0.3) is 11.6 Å². The summed E-state index contributed by atoms with van der Waals surface area (Å²) >= 11 is 5.98. The molecule has 33 heavy (non-hydrogen) atoms. The minimum Gasteiger partial charge on any atom is -0.273 e. The molecule has 0 radical (unpaired) electrons. The van der Waals surface area contributed by atoms with Gasteiger partial charge in [0.05, 0.1) is 22.3 Å². The van der Waals surface area contributed by atoms with Crippen molar-refractivity contribution in [3.8, 4) is 0 Å². The van der Waals surface area contributed by atoms with E-state index in [2.05, 4.69) is 0 Å². The van der Waals surface area contributed by atoms with Crippen LogP contribution in [0.2, 0.25) is 5.02 Å². The van der Waals surface area contributed by atoms with Crippen molar-refractivity contribution in [2.75, 3.05) is 9.96 Å². The Morgan fingerprint density at radius 3 is 2.30 bits per heavy atom. The molecule has 2 aliphatic heterocycles. The summed E-state index contributed by atoms with van der Waals surface area (Å²) in [5.41, 5.74) is 0.863. The number of hydrogen-bond donors (Lipinski definition) is 0. The highest BCUT2D eigenvalue weighted by molar-refractivity contribution is 6.32. The van der Waals surface area contributed by atoms with Crippen molar-refractivity contribution in [1.29, 1.82) is 0 Å². The molecule has 3 aromatic rings. The lowest BCUT2D eigenvalue weighted by molar-refractivity contribution is -0.384. The summed E-state index contributed by atoms with van der Waals surface area (Å²) < 4.78 is 13.4. The van der Waals surface area contributed by atoms with Crippen LogP contribution in [0.4, 0.5) is 21.5 Å². The average molecular weight is 468 g/mol. The van der Waals surface area contributed by atoms with Crippen LogP contribution < -0.4 is 9.96 Å². The van der Waals surface area contributed by atoms with E-state index in [1.54, 1.807) is 36.4 Å². The molecule has 3 aromatic carbocycles. The number of fused-ring (bicyclic) bond motifs is 1. The minimum absolute atomic E-state index is 0.0489. The minimum atomic E-state index is -1.15. The van der Waals surface area contributed by atoms with E-state index < -0.39 is 40.6 Å². The molecule has 2 aliphatic rings. The Morgan fingerprint density at radius 1 is 0.939 bits per heavy atom. The third-order valence-corrected chi connectivity index (χ3v) is 6.04. The summed E-state index contributed by atoms with van der Waals surface area (Å²) in [5.74, 6) is -2.62. The second-order valence-corrected chi connectivity index (χ2v) is 8.02. The van der Waals surface area contributed by atoms with Crippen LogP contribution in [-0.4, -0.2) is 22.8 Å². The van der Waals surface area contributed by atoms with Gasteiger partial charge < -0.3 is 0 Å². The molecule has 0 N–H and O–H groups in total. The van der Waals surface area contributed by atoms with Gasteiger partial charge in [0.2, 0.25) is 5.91 Å². The number of nitrogens with zero attached hydrogens (tertiary/aromatic N) is 3. The second kappa shape index (κ2) is 7.95. The Bertz CT molecular complexity index is 1270. The maximum absolute atomic E-state index is 13.5. The lowest BCUT2D eigenvalue weighted by atomic mass is 9.90. The normalized spacial score (nSPS) is 22.1. The number of carbonyl (C=O) groups is 2. The Labute approximate surface area is 191 Å². The number of halogens is 2. The average Bonchev–Trinajstić information content (AvgIpc) is 3.31. The smallest absolute Gasteiger partial charge is 0.273 e. The van der Waals surface area contributed by atoms with Gasteiger partial charge in [0.15, 0.2) is 6.10 Å². The molecule has 0 aliphatic carbocycles. The molecule has 0 unspecified atom stereocenters. The lowest BCUT2D eigenvalue weighted by Crippen LogP contribution is -2.37. The van der Waals surface area contributed by atoms with Crippen LogP contribution in [0.3, 0.4) is 0 Å². The van der Waals surface area contributed by atoms with Crippen LogP contribution >= 0.6 is 11.6 Å². The van der Waals surface area contributed by atoms with Gasteiger partial charge in [-0.05, 0) is 48.0 Å². The monoisotopic (exact) mass is 467 g/mol. The van der Waals surface area contributed by atoms with E-state index >= 15 is 0 Å². The second-order valence-electron chi connectivity index (χ2n) is 7.61. The van der Waals surface area contributed by atoms with Crippen molar-refractivity contribution in [2.24, 2.45) is 5.92 Å². The molecule has 5 rings (SSSR count). The van der Waals surface area contributed by atoms with Crippen LogP contribution in [0.25, 0.3) is 0 Å². The first-order chi connectivity index (χ1) is 15.9. The summed E-state index contributed by atoms with van der Waals surface area (Å²) in [7, 11) is 0. The third-order valence-electron chi connectivity index (χ3n) is 5.72. The van der Waals surface area contributed by atoms with Crippen LogP contribution in [0.5, 0.6) is 0 Å². The first-order valence-corrected chi connectivity index (χ1v) is 10.3. The molecule has 2 heterocycles. The Balaban J connectivity index is 1.61. The van der Waals surface area contributed by atoms with Crippen molar-refractivity contribution in [1.82, 2.24) is 0 Å². The molecular weight excluding hydrogens is 453 g/mol. The molecule has 3 atom stereocenters. The zero-order valence-electron chi connectivity index (χ0n) is 16.8. The van der Waals surface area contributed by atoms with Crippen LogP contribution in [-0.2, 0) is 14.4 Å². The summed E-state index contributed by atoms with van der Waals surface area (Å²) in [5, 5.41) is 12.8. The number of nitro benzene ring substituents is 1. The zero-order chi connectivity index (χ0) is 23.3. The van der Waals surface area contributed by atoms with Gasteiger partial charge in [0, 0.05) is 6.07 Å². The number of carbonyl (C=O) groups excluding carboxylic acids is 2. The van der Waals surface area contributed by atoms with Crippen LogP contribution in [0.15, 0.2) is 72.8 Å². The Morgan fingerprint density at radius 2 is 1.64 bits per heavy atom. The predicted octanol–water partition coefficient (Wildman–Crippen LogP) is 4.44. The fourth-order valence-corrected chi connectivity index (χ4v) is 4.44. The molecule has 2 saturated heterocycles. The summed E-state index contributed by atoms with van der Waals surface area (Å²) in [6, 6.07) is 17.2. The van der Waals surface area contributed by atoms with Gasteiger partial charge in [-0.25, -0.2) is 14.4 Å². The first kappa shape index (κ1) is 21.0. The van der Waals surface area contributed by atoms with E-state index in [1.165, 1.54) is 29.3 Å². The zero-order valence-corrected chi connectivity index (χ0v) is 17.6. The molecule has 0 aromatic heterocycles. The number of imide groups is 1. The van der Waals surface area contributed by atoms with Crippen molar-refractivity contribution in [3.05, 3.63) is 99.3 Å². The third kappa shape index (κ3) is 3.42. The van der Waals surface area contributed by atoms with Gasteiger partial charge >= 0.3 is 0 Å². The molecule has 10 heteroatoms.